The first-order chi connectivity index (χ1) is 11.8. The van der Waals surface area contributed by atoms with Crippen LogP contribution in [0.4, 0.5) is 0 Å². The maximum absolute atomic E-state index is 13.4. The van der Waals surface area contributed by atoms with Gasteiger partial charge in [0.15, 0.2) is 0 Å². The van der Waals surface area contributed by atoms with Gasteiger partial charge >= 0.3 is 0 Å². The number of ether oxygens (including phenoxy) is 1. The standard InChI is InChI=1S/C20H25NO3S/c1-12(16(22)13-7-5-4-6-8-13)17(23)21-18(25)24-15-11-14-9-10-20(15,21)19(14,2)3/h4-8,12,14-16,22H,9-11H2,1-3H3/t12-,14-,15-,16-,20+/m1/s1. The summed E-state index contributed by atoms with van der Waals surface area (Å²) in [7, 11) is 0. The molecule has 5 atom stereocenters. The first kappa shape index (κ1) is 17.0. The Morgan fingerprint density at radius 2 is 2.04 bits per heavy atom. The fourth-order valence-electron chi connectivity index (χ4n) is 5.46. The lowest BCUT2D eigenvalue weighted by Crippen LogP contribution is -2.58. The largest absolute Gasteiger partial charge is 0.465 e. The van der Waals surface area contributed by atoms with E-state index in [1.165, 1.54) is 0 Å². The van der Waals surface area contributed by atoms with Crippen LogP contribution in [0.5, 0.6) is 0 Å². The second-order valence-electron chi connectivity index (χ2n) is 8.31. The molecule has 2 saturated carbocycles. The van der Waals surface area contributed by atoms with E-state index in [0.717, 1.165) is 24.8 Å². The first-order valence-corrected chi connectivity index (χ1v) is 9.49. The predicted octanol–water partition coefficient (Wildman–Crippen LogP) is 3.45. The Labute approximate surface area is 154 Å². The van der Waals surface area contributed by atoms with Crippen LogP contribution < -0.4 is 0 Å². The molecule has 134 valence electrons. The van der Waals surface area contributed by atoms with Crippen molar-refractivity contribution >= 4 is 23.3 Å². The molecule has 1 aromatic carbocycles. The lowest BCUT2D eigenvalue weighted by molar-refractivity contribution is -0.141. The normalized spacial score (nSPS) is 34.6. The van der Waals surface area contributed by atoms with Crippen molar-refractivity contribution in [3.63, 3.8) is 0 Å². The second-order valence-corrected chi connectivity index (χ2v) is 8.66. The summed E-state index contributed by atoms with van der Waals surface area (Å²) in [5, 5.41) is 11.0. The van der Waals surface area contributed by atoms with E-state index in [2.05, 4.69) is 13.8 Å². The van der Waals surface area contributed by atoms with Crippen molar-refractivity contribution in [2.45, 2.75) is 57.8 Å². The summed E-state index contributed by atoms with van der Waals surface area (Å²) >= 11 is 5.45. The van der Waals surface area contributed by atoms with Gasteiger partial charge in [-0.15, -0.1) is 0 Å². The molecule has 1 aromatic rings. The van der Waals surface area contributed by atoms with Crippen LogP contribution in [0.1, 0.15) is 51.7 Å². The van der Waals surface area contributed by atoms with Gasteiger partial charge in [0.25, 0.3) is 5.17 Å². The van der Waals surface area contributed by atoms with Gasteiger partial charge in [-0.05, 0) is 48.4 Å². The van der Waals surface area contributed by atoms with Crippen LogP contribution in [0, 0.1) is 17.3 Å². The minimum absolute atomic E-state index is 0.00114. The van der Waals surface area contributed by atoms with E-state index in [1.54, 1.807) is 11.8 Å². The van der Waals surface area contributed by atoms with Crippen molar-refractivity contribution < 1.29 is 14.6 Å². The van der Waals surface area contributed by atoms with Crippen molar-refractivity contribution in [3.05, 3.63) is 35.9 Å². The van der Waals surface area contributed by atoms with Crippen LogP contribution >= 0.6 is 12.2 Å². The lowest BCUT2D eigenvalue weighted by Gasteiger charge is -2.43. The number of carbonyl (C=O) groups excluding carboxylic acids is 1. The topological polar surface area (TPSA) is 49.8 Å². The molecule has 25 heavy (non-hydrogen) atoms. The number of hydrogen-bond acceptors (Lipinski definition) is 4. The van der Waals surface area contributed by atoms with E-state index < -0.39 is 12.0 Å². The summed E-state index contributed by atoms with van der Waals surface area (Å²) in [5.41, 5.74) is 0.375. The molecular weight excluding hydrogens is 334 g/mol. The zero-order valence-electron chi connectivity index (χ0n) is 14.9. The average Bonchev–Trinajstić information content (AvgIpc) is 3.12. The Morgan fingerprint density at radius 1 is 1.36 bits per heavy atom. The summed E-state index contributed by atoms with van der Waals surface area (Å²) < 4.78 is 5.97. The van der Waals surface area contributed by atoms with E-state index >= 15 is 0 Å². The number of amides is 1. The molecule has 0 unspecified atom stereocenters. The first-order valence-electron chi connectivity index (χ1n) is 9.08. The summed E-state index contributed by atoms with van der Waals surface area (Å²) in [6, 6.07) is 9.33. The number of nitrogens with zero attached hydrogens (tertiary/aromatic N) is 1. The minimum atomic E-state index is -0.853. The molecular formula is C20H25NO3S. The molecule has 5 heteroatoms. The second kappa shape index (κ2) is 5.52. The molecule has 0 aromatic heterocycles. The number of fused-ring (bicyclic) bond motifs is 1. The zero-order chi connectivity index (χ0) is 18.0. The number of benzene rings is 1. The maximum atomic E-state index is 13.4. The SMILES string of the molecule is C[C@@H](C(=O)N1C(=S)O[C@@H]2C[C@H]3CC[C@@]21C3(C)C)[C@@H](O)c1ccccc1. The summed E-state index contributed by atoms with van der Waals surface area (Å²) in [4.78, 5) is 15.1. The van der Waals surface area contributed by atoms with Crippen LogP contribution in [0.25, 0.3) is 0 Å². The fourth-order valence-corrected chi connectivity index (χ4v) is 5.83. The quantitative estimate of drug-likeness (QED) is 0.840. The number of carbonyl (C=O) groups is 1. The third kappa shape index (κ3) is 2.08. The Kier molecular flexibility index (Phi) is 3.75. The smallest absolute Gasteiger partial charge is 0.267 e. The molecule has 1 amide bonds. The van der Waals surface area contributed by atoms with Gasteiger partial charge in [-0.3, -0.25) is 9.69 Å². The van der Waals surface area contributed by atoms with Gasteiger partial charge in [0.1, 0.15) is 6.10 Å². The molecule has 4 rings (SSSR count). The van der Waals surface area contributed by atoms with E-state index in [9.17, 15) is 9.90 Å². The third-order valence-electron chi connectivity index (χ3n) is 7.09. The molecule has 0 radical (unpaired) electrons. The Balaban J connectivity index is 1.66. The summed E-state index contributed by atoms with van der Waals surface area (Å²) in [6.45, 7) is 6.25. The maximum Gasteiger partial charge on any atom is 0.267 e. The number of aliphatic hydroxyl groups is 1. The lowest BCUT2D eigenvalue weighted by atomic mass is 9.74. The molecule has 4 nitrogen and oxygen atoms in total. The number of thiocarbonyl (C=S) groups is 1. The monoisotopic (exact) mass is 359 g/mol. The Bertz CT molecular complexity index is 719. The number of rotatable bonds is 3. The van der Waals surface area contributed by atoms with Crippen LogP contribution in [0.2, 0.25) is 0 Å². The highest BCUT2D eigenvalue weighted by molar-refractivity contribution is 7.80. The minimum Gasteiger partial charge on any atom is -0.465 e. The molecule has 1 heterocycles. The van der Waals surface area contributed by atoms with Gasteiger partial charge in [0.05, 0.1) is 17.6 Å². The van der Waals surface area contributed by atoms with Crippen LogP contribution in [-0.4, -0.2) is 32.7 Å². The van der Waals surface area contributed by atoms with E-state index in [1.807, 2.05) is 30.3 Å². The molecule has 3 fully saturated rings. The molecule has 1 saturated heterocycles. The average molecular weight is 359 g/mol. The van der Waals surface area contributed by atoms with Gasteiger partial charge in [0.2, 0.25) is 5.91 Å². The van der Waals surface area contributed by atoms with Crippen LogP contribution in [0.15, 0.2) is 30.3 Å². The molecule has 1 spiro atoms. The van der Waals surface area contributed by atoms with Gasteiger partial charge in [-0.25, -0.2) is 0 Å². The van der Waals surface area contributed by atoms with E-state index in [0.29, 0.717) is 5.92 Å². The van der Waals surface area contributed by atoms with Gasteiger partial charge in [-0.1, -0.05) is 51.1 Å². The van der Waals surface area contributed by atoms with Crippen LogP contribution in [-0.2, 0) is 9.53 Å². The van der Waals surface area contributed by atoms with Crippen molar-refractivity contribution in [1.29, 1.82) is 0 Å². The highest BCUT2D eigenvalue weighted by Gasteiger charge is 2.73. The van der Waals surface area contributed by atoms with Gasteiger partial charge in [-0.2, -0.15) is 0 Å². The van der Waals surface area contributed by atoms with Gasteiger partial charge in [0, 0.05) is 0 Å². The number of aliphatic hydroxyl groups excluding tert-OH is 1. The van der Waals surface area contributed by atoms with Crippen molar-refractivity contribution in [2.24, 2.45) is 17.3 Å². The Hall–Kier alpha value is -1.46. The van der Waals surface area contributed by atoms with Gasteiger partial charge < -0.3 is 9.84 Å². The predicted molar refractivity (Wildman–Crippen MR) is 98.7 cm³/mol. The molecule has 1 aliphatic heterocycles. The number of hydrogen-bond donors (Lipinski definition) is 1. The van der Waals surface area contributed by atoms with Crippen molar-refractivity contribution in [1.82, 2.24) is 4.90 Å². The Morgan fingerprint density at radius 3 is 2.68 bits per heavy atom. The fraction of sp³-hybridized carbons (Fsp3) is 0.600. The molecule has 1 N–H and O–H groups in total. The summed E-state index contributed by atoms with van der Waals surface area (Å²) in [5.74, 6) is -0.141. The van der Waals surface area contributed by atoms with Crippen molar-refractivity contribution in [2.75, 3.05) is 0 Å². The van der Waals surface area contributed by atoms with E-state index in [4.69, 9.17) is 17.0 Å². The van der Waals surface area contributed by atoms with Crippen LogP contribution in [0.3, 0.4) is 0 Å². The highest BCUT2D eigenvalue weighted by atomic mass is 32.1. The van der Waals surface area contributed by atoms with E-state index in [-0.39, 0.29) is 28.1 Å². The third-order valence-corrected chi connectivity index (χ3v) is 7.37. The zero-order valence-corrected chi connectivity index (χ0v) is 15.8. The molecule has 3 aliphatic rings. The summed E-state index contributed by atoms with van der Waals surface area (Å²) in [6.07, 6.45) is 2.14. The van der Waals surface area contributed by atoms with Crippen molar-refractivity contribution in [3.8, 4) is 0 Å². The molecule has 2 bridgehead atoms. The molecule has 2 aliphatic carbocycles. The highest BCUT2D eigenvalue weighted by Crippen LogP contribution is 2.66.